The highest BCUT2D eigenvalue weighted by atomic mass is 32.1. The summed E-state index contributed by atoms with van der Waals surface area (Å²) in [5.41, 5.74) is 0.403. The minimum absolute atomic E-state index is 0.0244. The van der Waals surface area contributed by atoms with Gasteiger partial charge >= 0.3 is 0 Å². The summed E-state index contributed by atoms with van der Waals surface area (Å²) in [6, 6.07) is 7.50. The third-order valence-corrected chi connectivity index (χ3v) is 4.54. The number of carbonyl (C=O) groups excluding carboxylic acids is 1. The Morgan fingerprint density at radius 3 is 2.91 bits per heavy atom. The molecule has 2 heterocycles. The van der Waals surface area contributed by atoms with Gasteiger partial charge in [0.25, 0.3) is 11.5 Å². The van der Waals surface area contributed by atoms with E-state index in [2.05, 4.69) is 4.98 Å². The van der Waals surface area contributed by atoms with Crippen molar-refractivity contribution in [1.82, 2.24) is 14.3 Å². The van der Waals surface area contributed by atoms with Crippen LogP contribution in [0.3, 0.4) is 0 Å². The van der Waals surface area contributed by atoms with Crippen LogP contribution in [0.25, 0.3) is 15.2 Å². The fourth-order valence-electron chi connectivity index (χ4n) is 2.39. The molecule has 0 saturated carbocycles. The highest BCUT2D eigenvalue weighted by Crippen LogP contribution is 2.23. The van der Waals surface area contributed by atoms with E-state index in [-0.39, 0.29) is 24.3 Å². The number of fused-ring (bicyclic) bond motifs is 3. The number of para-hydroxylation sites is 1. The van der Waals surface area contributed by atoms with E-state index in [1.54, 1.807) is 6.92 Å². The van der Waals surface area contributed by atoms with Gasteiger partial charge in [0.05, 0.1) is 16.8 Å². The molecule has 1 N–H and O–H groups in total. The molecule has 2 aromatic heterocycles. The summed E-state index contributed by atoms with van der Waals surface area (Å²) >= 11 is 1.41. The standard InChI is InChI=1S/C15H15N3O3S/c1-2-17(7-8-19)13(20)10-9-16-15-18(14(10)21)11-5-3-4-6-12(11)22-15/h3-6,9,19H,2,7-8H2,1H3. The number of benzene rings is 1. The van der Waals surface area contributed by atoms with Gasteiger partial charge in [-0.2, -0.15) is 0 Å². The Bertz CT molecular complexity index is 900. The lowest BCUT2D eigenvalue weighted by Gasteiger charge is -2.18. The number of aliphatic hydroxyl groups excluding tert-OH is 1. The van der Waals surface area contributed by atoms with E-state index in [4.69, 9.17) is 5.11 Å². The van der Waals surface area contributed by atoms with Crippen LogP contribution in [0.4, 0.5) is 0 Å². The van der Waals surface area contributed by atoms with Crippen LogP contribution in [0.1, 0.15) is 17.3 Å². The number of aromatic nitrogens is 2. The van der Waals surface area contributed by atoms with Gasteiger partial charge in [-0.15, -0.1) is 0 Å². The summed E-state index contributed by atoms with van der Waals surface area (Å²) in [4.78, 5) is 31.4. The third-order valence-electron chi connectivity index (χ3n) is 3.51. The van der Waals surface area contributed by atoms with Crippen molar-refractivity contribution in [2.24, 2.45) is 0 Å². The zero-order valence-corrected chi connectivity index (χ0v) is 12.8. The van der Waals surface area contributed by atoms with Gasteiger partial charge in [-0.3, -0.25) is 14.0 Å². The molecular weight excluding hydrogens is 302 g/mol. The Morgan fingerprint density at radius 2 is 2.18 bits per heavy atom. The van der Waals surface area contributed by atoms with E-state index in [0.717, 1.165) is 10.2 Å². The van der Waals surface area contributed by atoms with E-state index < -0.39 is 5.91 Å². The zero-order valence-electron chi connectivity index (χ0n) is 12.0. The van der Waals surface area contributed by atoms with Crippen LogP contribution in [-0.2, 0) is 0 Å². The number of hydrogen-bond donors (Lipinski definition) is 1. The Balaban J connectivity index is 2.19. The second-order valence-corrected chi connectivity index (χ2v) is 5.78. The number of nitrogens with zero attached hydrogens (tertiary/aromatic N) is 3. The van der Waals surface area contributed by atoms with Gasteiger partial charge in [0, 0.05) is 19.3 Å². The van der Waals surface area contributed by atoms with Crippen molar-refractivity contribution >= 4 is 32.4 Å². The predicted octanol–water partition coefficient (Wildman–Crippen LogP) is 1.36. The molecule has 22 heavy (non-hydrogen) atoms. The lowest BCUT2D eigenvalue weighted by Crippen LogP contribution is -2.37. The first-order chi connectivity index (χ1) is 10.7. The molecule has 3 rings (SSSR count). The quantitative estimate of drug-likeness (QED) is 0.788. The number of likely N-dealkylation sites (N-methyl/N-ethyl adjacent to an activating group) is 1. The van der Waals surface area contributed by atoms with Crippen LogP contribution in [0.2, 0.25) is 0 Å². The number of amides is 1. The van der Waals surface area contributed by atoms with Gasteiger partial charge in [-0.1, -0.05) is 23.5 Å². The van der Waals surface area contributed by atoms with Gasteiger partial charge in [0.15, 0.2) is 4.96 Å². The minimum Gasteiger partial charge on any atom is -0.395 e. The Labute approximate surface area is 130 Å². The van der Waals surface area contributed by atoms with E-state index in [1.807, 2.05) is 24.3 Å². The molecule has 0 atom stereocenters. The summed E-state index contributed by atoms with van der Waals surface area (Å²) in [5.74, 6) is -0.404. The van der Waals surface area contributed by atoms with E-state index in [0.29, 0.717) is 11.5 Å². The van der Waals surface area contributed by atoms with Crippen LogP contribution < -0.4 is 5.56 Å². The molecule has 0 aliphatic carbocycles. The fourth-order valence-corrected chi connectivity index (χ4v) is 3.38. The summed E-state index contributed by atoms with van der Waals surface area (Å²) in [6.45, 7) is 2.28. The van der Waals surface area contributed by atoms with Gasteiger partial charge in [0.1, 0.15) is 5.56 Å². The predicted molar refractivity (Wildman–Crippen MR) is 85.5 cm³/mol. The average molecular weight is 317 g/mol. The SMILES string of the molecule is CCN(CCO)C(=O)c1cnc2sc3ccccc3n2c1=O. The van der Waals surface area contributed by atoms with Crippen LogP contribution in [-0.4, -0.2) is 45.0 Å². The maximum absolute atomic E-state index is 12.7. The summed E-state index contributed by atoms with van der Waals surface area (Å²) in [5, 5.41) is 9.02. The van der Waals surface area contributed by atoms with Crippen molar-refractivity contribution in [3.05, 3.63) is 46.4 Å². The van der Waals surface area contributed by atoms with E-state index in [9.17, 15) is 9.59 Å². The van der Waals surface area contributed by atoms with Crippen molar-refractivity contribution in [2.75, 3.05) is 19.7 Å². The molecule has 7 heteroatoms. The lowest BCUT2D eigenvalue weighted by molar-refractivity contribution is 0.0729. The molecule has 0 aliphatic heterocycles. The number of carbonyl (C=O) groups is 1. The summed E-state index contributed by atoms with van der Waals surface area (Å²) < 4.78 is 2.42. The molecule has 0 aliphatic rings. The molecule has 114 valence electrons. The molecular formula is C15H15N3O3S. The molecule has 0 fully saturated rings. The van der Waals surface area contributed by atoms with Crippen molar-refractivity contribution in [3.8, 4) is 0 Å². The van der Waals surface area contributed by atoms with Crippen LogP contribution in [0.15, 0.2) is 35.3 Å². The average Bonchev–Trinajstić information content (AvgIpc) is 2.91. The molecule has 0 bridgehead atoms. The maximum Gasteiger partial charge on any atom is 0.271 e. The maximum atomic E-state index is 12.7. The third kappa shape index (κ3) is 2.28. The molecule has 0 spiro atoms. The summed E-state index contributed by atoms with van der Waals surface area (Å²) in [7, 11) is 0. The number of thiazole rings is 1. The first-order valence-corrected chi connectivity index (χ1v) is 7.78. The molecule has 1 amide bonds. The molecule has 1 aromatic carbocycles. The largest absolute Gasteiger partial charge is 0.395 e. The molecule has 0 unspecified atom stereocenters. The highest BCUT2D eigenvalue weighted by Gasteiger charge is 2.20. The van der Waals surface area contributed by atoms with Crippen molar-refractivity contribution < 1.29 is 9.90 Å². The van der Waals surface area contributed by atoms with Crippen LogP contribution >= 0.6 is 11.3 Å². The fraction of sp³-hybridized carbons (Fsp3) is 0.267. The van der Waals surface area contributed by atoms with Gasteiger partial charge in [-0.05, 0) is 19.1 Å². The number of aliphatic hydroxyl groups is 1. The minimum atomic E-state index is -0.404. The van der Waals surface area contributed by atoms with Crippen LogP contribution in [0, 0.1) is 0 Å². The second-order valence-electron chi connectivity index (χ2n) is 4.77. The van der Waals surface area contributed by atoms with Crippen molar-refractivity contribution in [2.45, 2.75) is 6.92 Å². The molecule has 0 radical (unpaired) electrons. The topological polar surface area (TPSA) is 74.9 Å². The van der Waals surface area contributed by atoms with E-state index >= 15 is 0 Å². The van der Waals surface area contributed by atoms with Gasteiger partial charge in [-0.25, -0.2) is 4.98 Å². The highest BCUT2D eigenvalue weighted by molar-refractivity contribution is 7.23. The second kappa shape index (κ2) is 5.86. The lowest BCUT2D eigenvalue weighted by atomic mass is 10.2. The Hall–Kier alpha value is -2.25. The Morgan fingerprint density at radius 1 is 1.41 bits per heavy atom. The smallest absolute Gasteiger partial charge is 0.271 e. The molecule has 6 nitrogen and oxygen atoms in total. The zero-order chi connectivity index (χ0) is 15.7. The van der Waals surface area contributed by atoms with Gasteiger partial charge < -0.3 is 10.0 Å². The van der Waals surface area contributed by atoms with Crippen LogP contribution in [0.5, 0.6) is 0 Å². The van der Waals surface area contributed by atoms with E-state index in [1.165, 1.54) is 26.8 Å². The Kier molecular flexibility index (Phi) is 3.91. The van der Waals surface area contributed by atoms with Gasteiger partial charge in [0.2, 0.25) is 0 Å². The normalized spacial score (nSPS) is 11.2. The number of rotatable bonds is 4. The van der Waals surface area contributed by atoms with Crippen molar-refractivity contribution in [1.29, 1.82) is 0 Å². The summed E-state index contributed by atoms with van der Waals surface area (Å²) in [6.07, 6.45) is 1.33. The first kappa shape index (κ1) is 14.7. The molecule has 0 saturated heterocycles. The monoisotopic (exact) mass is 317 g/mol. The molecule has 3 aromatic rings. The first-order valence-electron chi connectivity index (χ1n) is 6.96. The number of hydrogen-bond acceptors (Lipinski definition) is 5. The van der Waals surface area contributed by atoms with Crippen molar-refractivity contribution in [3.63, 3.8) is 0 Å².